The molecule has 3 radical (unpaired) electrons. The molecule has 1 aromatic carbocycles. The molecule has 0 saturated carbocycles. The molecule has 2 nitrogen and oxygen atoms in total. The summed E-state index contributed by atoms with van der Waals surface area (Å²) in [5.74, 6) is 1.37. The molecule has 0 heterocycles. The molecule has 1 rings (SSSR count). The van der Waals surface area contributed by atoms with Crippen molar-refractivity contribution < 1.29 is 9.53 Å². The van der Waals surface area contributed by atoms with E-state index in [9.17, 15) is 4.79 Å². The number of hydrogen-bond donors (Lipinski definition) is 0. The number of esters is 1. The highest BCUT2D eigenvalue weighted by atomic mass is 32.2. The van der Waals surface area contributed by atoms with Crippen molar-refractivity contribution in [2.45, 2.75) is 20.8 Å². The molecule has 5 heteroatoms. The van der Waals surface area contributed by atoms with E-state index in [-0.39, 0.29) is 5.97 Å². The highest BCUT2D eigenvalue weighted by molar-refractivity contribution is 7.98. The third kappa shape index (κ3) is 6.15. The quantitative estimate of drug-likeness (QED) is 0.345. The zero-order valence-corrected chi connectivity index (χ0v) is 12.9. The molecule has 0 spiro atoms. The first-order valence-corrected chi connectivity index (χ1v) is 7.74. The van der Waals surface area contributed by atoms with E-state index < -0.39 is 0 Å². The first kappa shape index (κ1) is 18.0. The molecule has 99 valence electrons. The molecule has 0 fully saturated rings. The topological polar surface area (TPSA) is 26.3 Å². The Morgan fingerprint density at radius 3 is 2.63 bits per heavy atom. The van der Waals surface area contributed by atoms with Crippen LogP contribution in [-0.2, 0) is 4.74 Å². The van der Waals surface area contributed by atoms with Crippen LogP contribution in [0.5, 0.6) is 0 Å². The Labute approximate surface area is 123 Å². The lowest BCUT2D eigenvalue weighted by molar-refractivity contribution is 0.0529. The fourth-order valence-corrected chi connectivity index (χ4v) is 1.64. The predicted molar refractivity (Wildman–Crippen MR) is 86.0 cm³/mol. The lowest BCUT2D eigenvalue weighted by atomic mass is 9.46. The molecule has 0 N–H and O–H groups in total. The van der Waals surface area contributed by atoms with Crippen LogP contribution in [0.1, 0.15) is 36.7 Å². The SMILES string of the molecule is CC.[B][B][C+](C)c1ccccc1C(=O)OCCSC. The van der Waals surface area contributed by atoms with Gasteiger partial charge >= 0.3 is 5.97 Å². The van der Waals surface area contributed by atoms with Gasteiger partial charge in [-0.25, -0.2) is 4.79 Å². The zero-order chi connectivity index (χ0) is 14.7. The highest BCUT2D eigenvalue weighted by Gasteiger charge is 2.23. The third-order valence-corrected chi connectivity index (χ3v) is 2.92. The number of hydrogen-bond acceptors (Lipinski definition) is 3. The molecule has 0 aromatic heterocycles. The van der Waals surface area contributed by atoms with Gasteiger partial charge in [-0.3, -0.25) is 0 Å². The van der Waals surface area contributed by atoms with E-state index in [1.54, 1.807) is 17.8 Å². The van der Waals surface area contributed by atoms with E-state index in [0.29, 0.717) is 12.2 Å². The second-order valence-corrected chi connectivity index (χ2v) is 4.51. The van der Waals surface area contributed by atoms with Crippen LogP contribution in [0.3, 0.4) is 0 Å². The third-order valence-electron chi connectivity index (χ3n) is 2.34. The summed E-state index contributed by atoms with van der Waals surface area (Å²) in [5.41, 5.74) is 1.39. The summed E-state index contributed by atoms with van der Waals surface area (Å²) in [7, 11) is 6.97. The Morgan fingerprint density at radius 1 is 1.42 bits per heavy atom. The van der Waals surface area contributed by atoms with E-state index in [1.165, 1.54) is 7.17 Å². The molecular formula is C14H20B2O2S+. The van der Waals surface area contributed by atoms with Gasteiger partial charge < -0.3 is 4.74 Å². The Hall–Kier alpha value is -0.960. The van der Waals surface area contributed by atoms with Crippen LogP contribution in [-0.4, -0.2) is 39.5 Å². The fraction of sp³-hybridized carbons (Fsp3) is 0.429. The Balaban J connectivity index is 0.00000154. The number of ether oxygens (including phenoxy) is 1. The second kappa shape index (κ2) is 10.9. The van der Waals surface area contributed by atoms with Crippen molar-refractivity contribution in [1.82, 2.24) is 0 Å². The lowest BCUT2D eigenvalue weighted by Crippen LogP contribution is -2.14. The smallest absolute Gasteiger partial charge is 0.396 e. The van der Waals surface area contributed by atoms with Crippen molar-refractivity contribution >= 4 is 32.6 Å². The summed E-state index contributed by atoms with van der Waals surface area (Å²) < 4.78 is 5.18. The minimum Gasteiger partial charge on any atom is -0.451 e. The average Bonchev–Trinajstić information content (AvgIpc) is 2.48. The van der Waals surface area contributed by atoms with Crippen LogP contribution in [0, 0.1) is 5.82 Å². The summed E-state index contributed by atoms with van der Waals surface area (Å²) in [6.07, 6.45) is 1.98. The van der Waals surface area contributed by atoms with Crippen LogP contribution >= 0.6 is 11.8 Å². The Kier molecular flexibility index (Phi) is 10.4. The van der Waals surface area contributed by atoms with Crippen molar-refractivity contribution in [2.75, 3.05) is 18.6 Å². The van der Waals surface area contributed by atoms with Crippen molar-refractivity contribution in [1.29, 1.82) is 0 Å². The normalized spacial score (nSPS) is 9.05. The lowest BCUT2D eigenvalue weighted by Gasteiger charge is -2.06. The summed E-state index contributed by atoms with van der Waals surface area (Å²) in [5, 5.41) is 0. The Morgan fingerprint density at radius 2 is 2.05 bits per heavy atom. The summed E-state index contributed by atoms with van der Waals surface area (Å²) in [6, 6.07) is 7.31. The van der Waals surface area contributed by atoms with Gasteiger partial charge in [0.2, 0.25) is 0 Å². The van der Waals surface area contributed by atoms with Crippen molar-refractivity contribution in [2.24, 2.45) is 0 Å². The largest absolute Gasteiger partial charge is 0.451 e. The molecule has 0 aliphatic heterocycles. The van der Waals surface area contributed by atoms with Gasteiger partial charge in [-0.05, 0) is 31.1 Å². The minimum absolute atomic E-state index is 0.296. The summed E-state index contributed by atoms with van der Waals surface area (Å²) >= 11 is 1.65. The van der Waals surface area contributed by atoms with Gasteiger partial charge in [0, 0.05) is 25.6 Å². The van der Waals surface area contributed by atoms with Crippen molar-refractivity contribution in [3.8, 4) is 0 Å². The van der Waals surface area contributed by atoms with Gasteiger partial charge in [0.05, 0.1) is 0 Å². The monoisotopic (exact) mass is 274 g/mol. The number of benzene rings is 1. The maximum Gasteiger partial charge on any atom is 0.396 e. The summed E-state index contributed by atoms with van der Waals surface area (Å²) in [6.45, 7) is 6.30. The van der Waals surface area contributed by atoms with Gasteiger partial charge in [-0.2, -0.15) is 11.8 Å². The molecule has 1 aromatic rings. The van der Waals surface area contributed by atoms with Crippen LogP contribution in [0.4, 0.5) is 0 Å². The highest BCUT2D eigenvalue weighted by Crippen LogP contribution is 2.18. The average molecular weight is 274 g/mol. The van der Waals surface area contributed by atoms with Crippen LogP contribution in [0.25, 0.3) is 0 Å². The van der Waals surface area contributed by atoms with Crippen molar-refractivity contribution in [3.63, 3.8) is 0 Å². The molecule has 0 amide bonds. The Bertz CT molecular complexity index is 372. The van der Waals surface area contributed by atoms with E-state index in [4.69, 9.17) is 12.5 Å². The van der Waals surface area contributed by atoms with Gasteiger partial charge in [0.25, 0.3) is 0 Å². The zero-order valence-electron chi connectivity index (χ0n) is 12.1. The van der Waals surface area contributed by atoms with E-state index >= 15 is 0 Å². The molecule has 0 atom stereocenters. The van der Waals surface area contributed by atoms with E-state index in [0.717, 1.165) is 17.1 Å². The van der Waals surface area contributed by atoms with E-state index in [2.05, 4.69) is 0 Å². The number of carbonyl (C=O) groups excluding carboxylic acids is 1. The van der Waals surface area contributed by atoms with Gasteiger partial charge in [-0.1, -0.05) is 13.8 Å². The van der Waals surface area contributed by atoms with Gasteiger partial charge in [0.1, 0.15) is 12.2 Å². The predicted octanol–water partition coefficient (Wildman–Crippen LogP) is 2.92. The fourth-order valence-electron chi connectivity index (χ4n) is 1.39. The number of rotatable bonds is 6. The second-order valence-electron chi connectivity index (χ2n) is 3.52. The molecule has 0 aliphatic carbocycles. The van der Waals surface area contributed by atoms with Crippen LogP contribution in [0.15, 0.2) is 24.3 Å². The molecule has 0 saturated heterocycles. The molecular weight excluding hydrogens is 254 g/mol. The first-order chi connectivity index (χ1) is 9.20. The molecule has 0 unspecified atom stereocenters. The molecule has 0 bridgehead atoms. The number of thioether (sulfide) groups is 1. The van der Waals surface area contributed by atoms with Crippen LogP contribution in [0.2, 0.25) is 0 Å². The number of carbonyl (C=O) groups is 1. The standard InChI is InChI=1S/C12H14B2O2S.C2H6/c1-9(14-13)10-5-3-4-6-11(10)12(15)16-7-8-17-2;1-2/h3-6H,7-8H2,1-2H3;1-2H3/q+1;. The van der Waals surface area contributed by atoms with Gasteiger partial charge in [0.15, 0.2) is 12.7 Å². The van der Waals surface area contributed by atoms with Crippen LogP contribution < -0.4 is 0 Å². The maximum absolute atomic E-state index is 11.9. The van der Waals surface area contributed by atoms with E-state index in [1.807, 2.05) is 45.2 Å². The molecule has 19 heavy (non-hydrogen) atoms. The minimum atomic E-state index is -0.296. The molecule has 0 aliphatic rings. The first-order valence-electron chi connectivity index (χ1n) is 6.34. The van der Waals surface area contributed by atoms with Crippen molar-refractivity contribution in [3.05, 3.63) is 41.2 Å². The summed E-state index contributed by atoms with van der Waals surface area (Å²) in [4.78, 5) is 11.9. The van der Waals surface area contributed by atoms with Gasteiger partial charge in [-0.15, -0.1) is 0 Å². The maximum atomic E-state index is 11.9.